The Morgan fingerprint density at radius 2 is 1.94 bits per heavy atom. The lowest BCUT2D eigenvalue weighted by atomic mass is 10.2. The molecule has 0 radical (unpaired) electrons. The van der Waals surface area contributed by atoms with E-state index in [0.29, 0.717) is 15.6 Å². The molecule has 86 valence electrons. The maximum absolute atomic E-state index is 7.45. The van der Waals surface area contributed by atoms with Crippen LogP contribution in [0.15, 0.2) is 23.3 Å². The highest BCUT2D eigenvalue weighted by molar-refractivity contribution is 6.38. The molecule has 0 spiro atoms. The summed E-state index contributed by atoms with van der Waals surface area (Å²) in [7, 11) is 3.49. The van der Waals surface area contributed by atoms with Crippen LogP contribution in [0.4, 0.5) is 0 Å². The summed E-state index contributed by atoms with van der Waals surface area (Å²) in [5.74, 6) is 0.180. The molecule has 0 aliphatic carbocycles. The van der Waals surface area contributed by atoms with Crippen molar-refractivity contribution >= 4 is 35.4 Å². The van der Waals surface area contributed by atoms with E-state index in [9.17, 15) is 0 Å². The van der Waals surface area contributed by atoms with E-state index in [-0.39, 0.29) is 5.96 Å². The molecule has 0 unspecified atom stereocenters. The minimum atomic E-state index is 0.180. The molecule has 6 heteroatoms. The van der Waals surface area contributed by atoms with Gasteiger partial charge in [-0.1, -0.05) is 29.3 Å². The molecule has 0 aliphatic rings. The molecule has 0 heterocycles. The number of hydrogen-bond donors (Lipinski definition) is 2. The number of guanidine groups is 1. The van der Waals surface area contributed by atoms with E-state index < -0.39 is 0 Å². The fourth-order valence-electron chi connectivity index (χ4n) is 0.892. The van der Waals surface area contributed by atoms with Crippen LogP contribution in [0.2, 0.25) is 10.0 Å². The standard InChI is InChI=1S/C10H12Cl2N4/c1-16(2)10(13)15-14-6-7-8(11)4-3-5-9(7)12/h3-6H,1-2H3,(H2,13,15)/b14-6+. The van der Waals surface area contributed by atoms with Gasteiger partial charge in [-0.25, -0.2) is 5.43 Å². The van der Waals surface area contributed by atoms with Crippen molar-refractivity contribution in [3.63, 3.8) is 0 Å². The second-order valence-electron chi connectivity index (χ2n) is 3.25. The Morgan fingerprint density at radius 1 is 1.38 bits per heavy atom. The summed E-state index contributed by atoms with van der Waals surface area (Å²) in [6.07, 6.45) is 1.49. The zero-order chi connectivity index (χ0) is 12.1. The van der Waals surface area contributed by atoms with Crippen molar-refractivity contribution in [1.82, 2.24) is 10.3 Å². The van der Waals surface area contributed by atoms with Gasteiger partial charge >= 0.3 is 0 Å². The van der Waals surface area contributed by atoms with Crippen molar-refractivity contribution in [3.8, 4) is 0 Å². The summed E-state index contributed by atoms with van der Waals surface area (Å²) in [6.45, 7) is 0. The van der Waals surface area contributed by atoms with E-state index in [4.69, 9.17) is 28.6 Å². The average molecular weight is 259 g/mol. The molecule has 16 heavy (non-hydrogen) atoms. The van der Waals surface area contributed by atoms with Gasteiger partial charge < -0.3 is 4.90 Å². The number of benzene rings is 1. The largest absolute Gasteiger partial charge is 0.348 e. The van der Waals surface area contributed by atoms with Crippen molar-refractivity contribution < 1.29 is 0 Å². The van der Waals surface area contributed by atoms with E-state index in [1.165, 1.54) is 6.21 Å². The van der Waals surface area contributed by atoms with Crippen molar-refractivity contribution in [2.45, 2.75) is 0 Å². The number of rotatable bonds is 2. The van der Waals surface area contributed by atoms with Gasteiger partial charge in [0.25, 0.3) is 0 Å². The van der Waals surface area contributed by atoms with E-state index >= 15 is 0 Å². The Balaban J connectivity index is 2.74. The molecule has 1 rings (SSSR count). The Morgan fingerprint density at radius 3 is 2.44 bits per heavy atom. The van der Waals surface area contributed by atoms with Gasteiger partial charge in [0.1, 0.15) is 0 Å². The molecule has 0 saturated carbocycles. The Kier molecular flexibility index (Phi) is 4.58. The summed E-state index contributed by atoms with van der Waals surface area (Å²) >= 11 is 11.9. The predicted octanol–water partition coefficient (Wildman–Crippen LogP) is 2.41. The molecule has 2 N–H and O–H groups in total. The van der Waals surface area contributed by atoms with Crippen LogP contribution in [0.1, 0.15) is 5.56 Å². The third-order valence-corrected chi connectivity index (χ3v) is 2.47. The highest BCUT2D eigenvalue weighted by atomic mass is 35.5. The maximum Gasteiger partial charge on any atom is 0.211 e. The number of hydrazone groups is 1. The Bertz CT molecular complexity index is 395. The van der Waals surface area contributed by atoms with Gasteiger partial charge in [-0.05, 0) is 12.1 Å². The SMILES string of the molecule is CN(C)C(=N)N/N=C/c1c(Cl)cccc1Cl. The van der Waals surface area contributed by atoms with Crippen LogP contribution >= 0.6 is 23.2 Å². The monoisotopic (exact) mass is 258 g/mol. The fourth-order valence-corrected chi connectivity index (χ4v) is 1.39. The second-order valence-corrected chi connectivity index (χ2v) is 4.06. The van der Waals surface area contributed by atoms with Crippen molar-refractivity contribution in [3.05, 3.63) is 33.8 Å². The van der Waals surface area contributed by atoms with Crippen molar-refractivity contribution in [2.75, 3.05) is 14.1 Å². The lowest BCUT2D eigenvalue weighted by Crippen LogP contribution is -2.31. The minimum Gasteiger partial charge on any atom is -0.348 e. The summed E-state index contributed by atoms with van der Waals surface area (Å²) in [4.78, 5) is 1.59. The topological polar surface area (TPSA) is 51.5 Å². The smallest absolute Gasteiger partial charge is 0.211 e. The van der Waals surface area contributed by atoms with E-state index in [0.717, 1.165) is 0 Å². The number of nitrogens with one attached hydrogen (secondary N) is 2. The summed E-state index contributed by atoms with van der Waals surface area (Å²) in [6, 6.07) is 5.22. The first kappa shape index (κ1) is 12.8. The first-order valence-corrected chi connectivity index (χ1v) is 5.27. The van der Waals surface area contributed by atoms with E-state index in [1.54, 1.807) is 37.2 Å². The summed E-state index contributed by atoms with van der Waals surface area (Å²) in [5, 5.41) is 12.4. The van der Waals surface area contributed by atoms with Crippen molar-refractivity contribution in [2.24, 2.45) is 5.10 Å². The molecule has 0 atom stereocenters. The Hall–Kier alpha value is -1.26. The third-order valence-electron chi connectivity index (χ3n) is 1.81. The quantitative estimate of drug-likeness (QED) is 0.487. The molecule has 0 bridgehead atoms. The average Bonchev–Trinajstić information content (AvgIpc) is 2.22. The van der Waals surface area contributed by atoms with Crippen LogP contribution in [0, 0.1) is 5.41 Å². The molecule has 0 amide bonds. The minimum absolute atomic E-state index is 0.180. The molecule has 0 fully saturated rings. The summed E-state index contributed by atoms with van der Waals surface area (Å²) in [5.41, 5.74) is 3.18. The molecule has 1 aromatic carbocycles. The van der Waals surface area contributed by atoms with Crippen LogP contribution in [0.3, 0.4) is 0 Å². The molecular formula is C10H12Cl2N4. The van der Waals surface area contributed by atoms with Gasteiger partial charge in [0, 0.05) is 19.7 Å². The van der Waals surface area contributed by atoms with Crippen LogP contribution in [-0.2, 0) is 0 Å². The zero-order valence-electron chi connectivity index (χ0n) is 8.96. The molecule has 0 aliphatic heterocycles. The second kappa shape index (κ2) is 5.72. The summed E-state index contributed by atoms with van der Waals surface area (Å²) < 4.78 is 0. The Labute approximate surface area is 104 Å². The van der Waals surface area contributed by atoms with Gasteiger partial charge in [-0.2, -0.15) is 5.10 Å². The number of nitrogens with zero attached hydrogens (tertiary/aromatic N) is 2. The zero-order valence-corrected chi connectivity index (χ0v) is 10.5. The highest BCUT2D eigenvalue weighted by Gasteiger charge is 2.02. The fraction of sp³-hybridized carbons (Fsp3) is 0.200. The van der Waals surface area contributed by atoms with E-state index in [1.807, 2.05) is 0 Å². The number of hydrogen-bond acceptors (Lipinski definition) is 2. The van der Waals surface area contributed by atoms with Gasteiger partial charge in [0.2, 0.25) is 5.96 Å². The van der Waals surface area contributed by atoms with Crippen LogP contribution < -0.4 is 5.43 Å². The lowest BCUT2D eigenvalue weighted by Gasteiger charge is -2.11. The van der Waals surface area contributed by atoms with Gasteiger partial charge in [0.15, 0.2) is 0 Å². The van der Waals surface area contributed by atoms with Gasteiger partial charge in [0.05, 0.1) is 16.3 Å². The highest BCUT2D eigenvalue weighted by Crippen LogP contribution is 2.21. The first-order chi connectivity index (χ1) is 7.52. The van der Waals surface area contributed by atoms with Crippen LogP contribution in [-0.4, -0.2) is 31.2 Å². The molecule has 0 saturated heterocycles. The molecule has 1 aromatic rings. The predicted molar refractivity (Wildman–Crippen MR) is 68.6 cm³/mol. The van der Waals surface area contributed by atoms with E-state index in [2.05, 4.69) is 10.5 Å². The maximum atomic E-state index is 7.45. The van der Waals surface area contributed by atoms with Crippen LogP contribution in [0.25, 0.3) is 0 Å². The lowest BCUT2D eigenvalue weighted by molar-refractivity contribution is 0.585. The molecule has 0 aromatic heterocycles. The van der Waals surface area contributed by atoms with Gasteiger partial charge in [-0.3, -0.25) is 5.41 Å². The van der Waals surface area contributed by atoms with Gasteiger partial charge in [-0.15, -0.1) is 0 Å². The third kappa shape index (κ3) is 3.40. The normalized spacial score (nSPS) is 10.5. The number of halogens is 2. The van der Waals surface area contributed by atoms with Crippen LogP contribution in [0.5, 0.6) is 0 Å². The first-order valence-electron chi connectivity index (χ1n) is 4.51. The molecule has 4 nitrogen and oxygen atoms in total. The molecular weight excluding hydrogens is 247 g/mol. The van der Waals surface area contributed by atoms with Crippen molar-refractivity contribution in [1.29, 1.82) is 5.41 Å².